The van der Waals surface area contributed by atoms with Crippen LogP contribution in [-0.4, -0.2) is 33.3 Å². The molecule has 0 amide bonds. The molecule has 0 aliphatic carbocycles. The lowest BCUT2D eigenvalue weighted by Gasteiger charge is -2.29. The van der Waals surface area contributed by atoms with Crippen LogP contribution in [0.4, 0.5) is 12.7 Å². The zero-order valence-corrected chi connectivity index (χ0v) is 8.90. The molecule has 90 valence electrons. The summed E-state index contributed by atoms with van der Waals surface area (Å²) < 4.78 is 64.0. The Bertz CT molecular complexity index is 296. The minimum absolute atomic E-state index is 0.194. The van der Waals surface area contributed by atoms with Crippen molar-refractivity contribution in [2.45, 2.75) is 25.2 Å². The molecule has 1 rings (SSSR count). The molecule has 0 N–H and O–H groups in total. The third-order valence-corrected chi connectivity index (χ3v) is 3.19. The molecular formula is C8H13F3O3S. The smallest absolute Gasteiger partial charge is 0.302 e. The molecule has 0 spiro atoms. The van der Waals surface area contributed by atoms with Crippen LogP contribution in [0.5, 0.6) is 0 Å². The van der Waals surface area contributed by atoms with Gasteiger partial charge in [0.2, 0.25) is 0 Å². The first kappa shape index (κ1) is 12.8. The first-order valence-electron chi connectivity index (χ1n) is 4.69. The minimum Gasteiger partial charge on any atom is -0.381 e. The monoisotopic (exact) mass is 246 g/mol. The van der Waals surface area contributed by atoms with E-state index in [1.165, 1.54) is 0 Å². The Hall–Kier alpha value is -0.300. The van der Waals surface area contributed by atoms with Crippen LogP contribution in [0.2, 0.25) is 0 Å². The second kappa shape index (κ2) is 4.69. The van der Waals surface area contributed by atoms with Gasteiger partial charge in [-0.25, -0.2) is 8.78 Å². The van der Waals surface area contributed by atoms with Crippen molar-refractivity contribution in [1.29, 1.82) is 0 Å². The van der Waals surface area contributed by atoms with Gasteiger partial charge < -0.3 is 4.74 Å². The molecule has 0 aromatic rings. The highest BCUT2D eigenvalue weighted by molar-refractivity contribution is 7.86. The van der Waals surface area contributed by atoms with Crippen molar-refractivity contribution in [3.63, 3.8) is 0 Å². The molecule has 15 heavy (non-hydrogen) atoms. The molecule has 1 fully saturated rings. The van der Waals surface area contributed by atoms with E-state index in [4.69, 9.17) is 4.74 Å². The molecule has 1 heterocycles. The largest absolute Gasteiger partial charge is 0.381 e. The van der Waals surface area contributed by atoms with E-state index in [0.717, 1.165) is 0 Å². The van der Waals surface area contributed by atoms with Crippen molar-refractivity contribution >= 4 is 10.2 Å². The fourth-order valence-corrected chi connectivity index (χ4v) is 2.10. The van der Waals surface area contributed by atoms with Gasteiger partial charge in [-0.1, -0.05) is 0 Å². The van der Waals surface area contributed by atoms with Crippen LogP contribution in [0.25, 0.3) is 0 Å². The first-order chi connectivity index (χ1) is 6.81. The van der Waals surface area contributed by atoms with Crippen LogP contribution in [0.3, 0.4) is 0 Å². The van der Waals surface area contributed by atoms with E-state index < -0.39 is 34.2 Å². The molecule has 0 radical (unpaired) electrons. The van der Waals surface area contributed by atoms with E-state index in [1.54, 1.807) is 0 Å². The summed E-state index contributed by atoms with van der Waals surface area (Å²) in [6.45, 7) is 0.505. The third-order valence-electron chi connectivity index (χ3n) is 2.50. The maximum absolute atomic E-state index is 13.4. The number of ether oxygens (including phenoxy) is 1. The van der Waals surface area contributed by atoms with E-state index in [1.807, 2.05) is 0 Å². The Morgan fingerprint density at radius 2 is 1.80 bits per heavy atom. The molecule has 0 unspecified atom stereocenters. The van der Waals surface area contributed by atoms with E-state index in [0.29, 0.717) is 0 Å². The molecule has 0 aromatic heterocycles. The standard InChI is InChI=1S/C8H13F3O3S/c9-8(10,3-6-15(11,12)13)7-1-4-14-5-2-7/h7H,1-6H2. The number of alkyl halides is 2. The number of halogens is 3. The topological polar surface area (TPSA) is 43.4 Å². The van der Waals surface area contributed by atoms with Crippen molar-refractivity contribution in [1.82, 2.24) is 0 Å². The molecule has 1 aliphatic heterocycles. The molecule has 0 saturated carbocycles. The molecule has 1 saturated heterocycles. The predicted molar refractivity (Wildman–Crippen MR) is 48.0 cm³/mol. The summed E-state index contributed by atoms with van der Waals surface area (Å²) in [5, 5.41) is 0. The van der Waals surface area contributed by atoms with Gasteiger partial charge in [0, 0.05) is 25.6 Å². The SMILES string of the molecule is O=S(=O)(F)CCC(F)(F)C1CCOCC1. The van der Waals surface area contributed by atoms with Crippen LogP contribution < -0.4 is 0 Å². The normalized spacial score (nSPS) is 20.5. The highest BCUT2D eigenvalue weighted by Gasteiger charge is 2.40. The predicted octanol–water partition coefficient (Wildman–Crippen LogP) is 1.74. The van der Waals surface area contributed by atoms with Crippen molar-refractivity contribution in [3.05, 3.63) is 0 Å². The lowest BCUT2D eigenvalue weighted by Crippen LogP contribution is -2.34. The van der Waals surface area contributed by atoms with Crippen LogP contribution in [0, 0.1) is 5.92 Å². The van der Waals surface area contributed by atoms with Gasteiger partial charge in [-0.3, -0.25) is 0 Å². The Balaban J connectivity index is 2.49. The Kier molecular flexibility index (Phi) is 3.99. The Labute approximate surface area is 86.8 Å². The average Bonchev–Trinajstić information content (AvgIpc) is 2.16. The van der Waals surface area contributed by atoms with E-state index >= 15 is 0 Å². The van der Waals surface area contributed by atoms with Gasteiger partial charge in [0.05, 0.1) is 5.75 Å². The van der Waals surface area contributed by atoms with Crippen molar-refractivity contribution in [2.75, 3.05) is 19.0 Å². The van der Waals surface area contributed by atoms with Crippen LogP contribution in [0.1, 0.15) is 19.3 Å². The molecule has 3 nitrogen and oxygen atoms in total. The molecule has 0 bridgehead atoms. The zero-order chi connectivity index (χ0) is 11.5. The second-order valence-corrected chi connectivity index (χ2v) is 5.13. The van der Waals surface area contributed by atoms with Gasteiger partial charge in [-0.2, -0.15) is 8.42 Å². The van der Waals surface area contributed by atoms with Crippen LogP contribution in [0.15, 0.2) is 0 Å². The summed E-state index contributed by atoms with van der Waals surface area (Å²) in [4.78, 5) is 0. The van der Waals surface area contributed by atoms with Crippen molar-refractivity contribution < 1.29 is 25.8 Å². The first-order valence-corrected chi connectivity index (χ1v) is 6.24. The van der Waals surface area contributed by atoms with E-state index in [9.17, 15) is 21.1 Å². The number of rotatable bonds is 4. The fraction of sp³-hybridized carbons (Fsp3) is 1.00. The van der Waals surface area contributed by atoms with Gasteiger partial charge >= 0.3 is 10.2 Å². The van der Waals surface area contributed by atoms with Gasteiger partial charge in [0.25, 0.3) is 5.92 Å². The lowest BCUT2D eigenvalue weighted by atomic mass is 9.91. The highest BCUT2D eigenvalue weighted by Crippen LogP contribution is 2.35. The summed E-state index contributed by atoms with van der Waals surface area (Å²) in [6, 6.07) is 0. The van der Waals surface area contributed by atoms with Gasteiger partial charge in [-0.05, 0) is 12.8 Å². The van der Waals surface area contributed by atoms with Crippen molar-refractivity contribution in [2.24, 2.45) is 5.92 Å². The molecule has 0 aromatic carbocycles. The molecule has 0 atom stereocenters. The highest BCUT2D eigenvalue weighted by atomic mass is 32.3. The van der Waals surface area contributed by atoms with Gasteiger partial charge in [0.1, 0.15) is 0 Å². The maximum Gasteiger partial charge on any atom is 0.302 e. The fourth-order valence-electron chi connectivity index (χ4n) is 1.58. The van der Waals surface area contributed by atoms with E-state index in [-0.39, 0.29) is 26.1 Å². The summed E-state index contributed by atoms with van der Waals surface area (Å²) in [7, 11) is -4.81. The number of hydrogen-bond donors (Lipinski definition) is 0. The second-order valence-electron chi connectivity index (χ2n) is 3.64. The Morgan fingerprint density at radius 1 is 1.27 bits per heavy atom. The van der Waals surface area contributed by atoms with Crippen molar-refractivity contribution in [3.8, 4) is 0 Å². The summed E-state index contributed by atoms with van der Waals surface area (Å²) in [6.07, 6.45) is -0.560. The van der Waals surface area contributed by atoms with Crippen LogP contribution in [-0.2, 0) is 15.0 Å². The molecule has 1 aliphatic rings. The van der Waals surface area contributed by atoms with Crippen LogP contribution >= 0.6 is 0 Å². The zero-order valence-electron chi connectivity index (χ0n) is 8.09. The molecule has 7 heteroatoms. The Morgan fingerprint density at radius 3 is 2.27 bits per heavy atom. The minimum atomic E-state index is -4.81. The number of hydrogen-bond acceptors (Lipinski definition) is 3. The lowest BCUT2D eigenvalue weighted by molar-refractivity contribution is -0.0974. The quantitative estimate of drug-likeness (QED) is 0.710. The summed E-state index contributed by atoms with van der Waals surface area (Å²) in [5.41, 5.74) is 0. The third kappa shape index (κ3) is 4.38. The molecular weight excluding hydrogens is 233 g/mol. The van der Waals surface area contributed by atoms with Gasteiger partial charge in [-0.15, -0.1) is 3.89 Å². The average molecular weight is 246 g/mol. The van der Waals surface area contributed by atoms with E-state index in [2.05, 4.69) is 0 Å². The maximum atomic E-state index is 13.4. The van der Waals surface area contributed by atoms with Gasteiger partial charge in [0.15, 0.2) is 0 Å². The summed E-state index contributed by atoms with van der Waals surface area (Å²) in [5.74, 6) is -5.13. The summed E-state index contributed by atoms with van der Waals surface area (Å²) >= 11 is 0.